The fourth-order valence-corrected chi connectivity index (χ4v) is 3.19. The highest BCUT2D eigenvalue weighted by atomic mass is 15.0. The van der Waals surface area contributed by atoms with Crippen LogP contribution in [-0.4, -0.2) is 18.2 Å². The standard InChI is InChI=1S/C19H22N2/c1-15(14-20-2)19(17-9-4-3-5-10-17)21-13-12-16-8-6-7-11-18(16)21/h3-13,15,19-20H,14H2,1-2H3. The Labute approximate surface area is 126 Å². The van der Waals surface area contributed by atoms with Gasteiger partial charge in [0, 0.05) is 11.7 Å². The maximum Gasteiger partial charge on any atom is 0.0623 e. The van der Waals surface area contributed by atoms with Gasteiger partial charge in [-0.1, -0.05) is 55.5 Å². The number of nitrogens with zero attached hydrogens (tertiary/aromatic N) is 1. The third kappa shape index (κ3) is 2.72. The summed E-state index contributed by atoms with van der Waals surface area (Å²) in [7, 11) is 2.02. The fourth-order valence-electron chi connectivity index (χ4n) is 3.19. The zero-order chi connectivity index (χ0) is 14.7. The molecule has 0 aliphatic carbocycles. The van der Waals surface area contributed by atoms with Crippen LogP contribution in [0.25, 0.3) is 10.9 Å². The van der Waals surface area contributed by atoms with Gasteiger partial charge in [-0.15, -0.1) is 0 Å². The Kier molecular flexibility index (Phi) is 4.07. The van der Waals surface area contributed by atoms with Crippen molar-refractivity contribution in [3.8, 4) is 0 Å². The Morgan fingerprint density at radius 3 is 2.43 bits per heavy atom. The lowest BCUT2D eigenvalue weighted by molar-refractivity contribution is 0.402. The summed E-state index contributed by atoms with van der Waals surface area (Å²) in [5.41, 5.74) is 2.66. The number of para-hydroxylation sites is 1. The van der Waals surface area contributed by atoms with Gasteiger partial charge >= 0.3 is 0 Å². The minimum atomic E-state index is 0.346. The van der Waals surface area contributed by atoms with Crippen LogP contribution in [0.5, 0.6) is 0 Å². The average Bonchev–Trinajstić information content (AvgIpc) is 2.93. The predicted molar refractivity (Wildman–Crippen MR) is 89.6 cm³/mol. The Balaban J connectivity index is 2.11. The van der Waals surface area contributed by atoms with E-state index in [2.05, 4.69) is 83.7 Å². The Morgan fingerprint density at radius 1 is 0.952 bits per heavy atom. The highest BCUT2D eigenvalue weighted by Crippen LogP contribution is 2.30. The first-order valence-corrected chi connectivity index (χ1v) is 7.56. The second-order valence-corrected chi connectivity index (χ2v) is 5.67. The Hall–Kier alpha value is -2.06. The van der Waals surface area contributed by atoms with Crippen molar-refractivity contribution in [2.45, 2.75) is 13.0 Å². The second kappa shape index (κ2) is 6.15. The average molecular weight is 278 g/mol. The number of hydrogen-bond donors (Lipinski definition) is 1. The van der Waals surface area contributed by atoms with Crippen LogP contribution < -0.4 is 5.32 Å². The lowest BCUT2D eigenvalue weighted by Gasteiger charge is -2.27. The zero-order valence-electron chi connectivity index (χ0n) is 12.7. The molecule has 0 amide bonds. The molecule has 0 bridgehead atoms. The molecule has 2 heteroatoms. The number of hydrogen-bond acceptors (Lipinski definition) is 1. The highest BCUT2D eigenvalue weighted by Gasteiger charge is 2.21. The molecule has 0 saturated heterocycles. The molecule has 21 heavy (non-hydrogen) atoms. The number of fused-ring (bicyclic) bond motifs is 1. The summed E-state index contributed by atoms with van der Waals surface area (Å²) in [6, 6.07) is 21.9. The van der Waals surface area contributed by atoms with Crippen molar-refractivity contribution >= 4 is 10.9 Å². The molecule has 3 aromatic rings. The van der Waals surface area contributed by atoms with E-state index >= 15 is 0 Å². The molecule has 1 aromatic heterocycles. The van der Waals surface area contributed by atoms with Crippen LogP contribution >= 0.6 is 0 Å². The molecule has 2 nitrogen and oxygen atoms in total. The number of benzene rings is 2. The van der Waals surface area contributed by atoms with E-state index in [1.165, 1.54) is 16.5 Å². The van der Waals surface area contributed by atoms with Crippen molar-refractivity contribution in [2.75, 3.05) is 13.6 Å². The van der Waals surface area contributed by atoms with Crippen molar-refractivity contribution in [3.05, 3.63) is 72.4 Å². The molecule has 0 aliphatic heterocycles. The van der Waals surface area contributed by atoms with Crippen molar-refractivity contribution < 1.29 is 0 Å². The molecule has 0 saturated carbocycles. The molecule has 0 fully saturated rings. The van der Waals surface area contributed by atoms with Crippen molar-refractivity contribution in [2.24, 2.45) is 5.92 Å². The zero-order valence-corrected chi connectivity index (χ0v) is 12.7. The quantitative estimate of drug-likeness (QED) is 0.744. The normalized spacial score (nSPS) is 14.2. The maximum atomic E-state index is 3.31. The van der Waals surface area contributed by atoms with Gasteiger partial charge in [-0.25, -0.2) is 0 Å². The molecule has 0 radical (unpaired) electrons. The van der Waals surface area contributed by atoms with Gasteiger partial charge in [0.1, 0.15) is 0 Å². The van der Waals surface area contributed by atoms with Gasteiger partial charge in [-0.2, -0.15) is 0 Å². The summed E-state index contributed by atoms with van der Waals surface area (Å²) in [5.74, 6) is 0.508. The third-order valence-electron chi connectivity index (χ3n) is 4.14. The minimum absolute atomic E-state index is 0.346. The van der Waals surface area contributed by atoms with Crippen LogP contribution in [0.1, 0.15) is 18.5 Å². The fraction of sp³-hybridized carbons (Fsp3) is 0.263. The SMILES string of the molecule is CNCC(C)C(c1ccccc1)n1ccc2ccccc21. The summed E-state index contributed by atoms with van der Waals surface area (Å²) in [6.45, 7) is 3.30. The largest absolute Gasteiger partial charge is 0.340 e. The maximum absolute atomic E-state index is 3.31. The second-order valence-electron chi connectivity index (χ2n) is 5.67. The van der Waals surface area contributed by atoms with Gasteiger partial charge < -0.3 is 9.88 Å². The van der Waals surface area contributed by atoms with E-state index in [1.54, 1.807) is 0 Å². The molecular weight excluding hydrogens is 256 g/mol. The molecular formula is C19H22N2. The monoisotopic (exact) mass is 278 g/mol. The van der Waals surface area contributed by atoms with Crippen LogP contribution in [0.15, 0.2) is 66.9 Å². The topological polar surface area (TPSA) is 17.0 Å². The Morgan fingerprint density at radius 2 is 1.67 bits per heavy atom. The molecule has 1 heterocycles. The molecule has 0 spiro atoms. The minimum Gasteiger partial charge on any atom is -0.340 e. The number of rotatable bonds is 5. The summed E-state index contributed by atoms with van der Waals surface area (Å²) in [6.07, 6.45) is 2.22. The predicted octanol–water partition coefficient (Wildman–Crippen LogP) is 4.09. The van der Waals surface area contributed by atoms with Gasteiger partial charge in [0.2, 0.25) is 0 Å². The smallest absolute Gasteiger partial charge is 0.0623 e. The molecule has 2 atom stereocenters. The lowest BCUT2D eigenvalue weighted by Crippen LogP contribution is -2.26. The number of nitrogens with one attached hydrogen (secondary N) is 1. The van der Waals surface area contributed by atoms with Crippen LogP contribution in [0, 0.1) is 5.92 Å². The van der Waals surface area contributed by atoms with Gasteiger partial charge in [-0.05, 0) is 42.6 Å². The van der Waals surface area contributed by atoms with E-state index in [0.717, 1.165) is 6.54 Å². The number of aromatic nitrogens is 1. The summed E-state index contributed by atoms with van der Waals surface area (Å²) in [4.78, 5) is 0. The van der Waals surface area contributed by atoms with Gasteiger partial charge in [-0.3, -0.25) is 0 Å². The summed E-state index contributed by atoms with van der Waals surface area (Å²) < 4.78 is 2.41. The molecule has 2 aromatic carbocycles. The van der Waals surface area contributed by atoms with E-state index in [0.29, 0.717) is 12.0 Å². The van der Waals surface area contributed by atoms with Crippen molar-refractivity contribution in [1.29, 1.82) is 0 Å². The first kappa shape index (κ1) is 13.9. The molecule has 3 rings (SSSR count). The molecule has 1 N–H and O–H groups in total. The van der Waals surface area contributed by atoms with E-state index in [4.69, 9.17) is 0 Å². The van der Waals surface area contributed by atoms with Gasteiger partial charge in [0.25, 0.3) is 0 Å². The molecule has 2 unspecified atom stereocenters. The van der Waals surface area contributed by atoms with Crippen LogP contribution in [0.3, 0.4) is 0 Å². The van der Waals surface area contributed by atoms with E-state index < -0.39 is 0 Å². The van der Waals surface area contributed by atoms with E-state index in [1.807, 2.05) is 7.05 Å². The first-order valence-electron chi connectivity index (χ1n) is 7.56. The first-order chi connectivity index (χ1) is 10.3. The Bertz CT molecular complexity index is 700. The van der Waals surface area contributed by atoms with Gasteiger partial charge in [0.05, 0.1) is 6.04 Å². The van der Waals surface area contributed by atoms with E-state index in [-0.39, 0.29) is 0 Å². The van der Waals surface area contributed by atoms with Crippen LogP contribution in [0.2, 0.25) is 0 Å². The van der Waals surface area contributed by atoms with Crippen LogP contribution in [0.4, 0.5) is 0 Å². The van der Waals surface area contributed by atoms with Gasteiger partial charge in [0.15, 0.2) is 0 Å². The molecule has 108 valence electrons. The summed E-state index contributed by atoms with van der Waals surface area (Å²) >= 11 is 0. The third-order valence-corrected chi connectivity index (χ3v) is 4.14. The van der Waals surface area contributed by atoms with Crippen molar-refractivity contribution in [1.82, 2.24) is 9.88 Å². The van der Waals surface area contributed by atoms with Crippen LogP contribution in [-0.2, 0) is 0 Å². The van der Waals surface area contributed by atoms with Crippen molar-refractivity contribution in [3.63, 3.8) is 0 Å². The lowest BCUT2D eigenvalue weighted by atomic mass is 9.94. The summed E-state index contributed by atoms with van der Waals surface area (Å²) in [5, 5.41) is 4.62. The highest BCUT2D eigenvalue weighted by molar-refractivity contribution is 5.80. The van der Waals surface area contributed by atoms with E-state index in [9.17, 15) is 0 Å². The molecule has 0 aliphatic rings.